The number of nitrogens with zero attached hydrogens (tertiary/aromatic N) is 5. The maximum absolute atomic E-state index is 5.28. The van der Waals surface area contributed by atoms with E-state index >= 15 is 0 Å². The topological polar surface area (TPSA) is 56.1 Å². The fraction of sp³-hybridized carbons (Fsp3) is 0.500. The van der Waals surface area contributed by atoms with Gasteiger partial charge in [0.15, 0.2) is 5.82 Å². The van der Waals surface area contributed by atoms with Crippen LogP contribution in [0.5, 0.6) is 5.88 Å². The van der Waals surface area contributed by atoms with Gasteiger partial charge >= 0.3 is 0 Å². The highest BCUT2D eigenvalue weighted by molar-refractivity contribution is 5.62. The molecule has 0 atom stereocenters. The minimum Gasteiger partial charge on any atom is -0.480 e. The van der Waals surface area contributed by atoms with Gasteiger partial charge in [-0.15, -0.1) is 5.10 Å². The van der Waals surface area contributed by atoms with Gasteiger partial charge in [0.25, 0.3) is 0 Å². The molecule has 0 aliphatic carbocycles. The lowest BCUT2D eigenvalue weighted by Gasteiger charge is -2.26. The van der Waals surface area contributed by atoms with E-state index in [1.165, 1.54) is 19.3 Å². The van der Waals surface area contributed by atoms with E-state index in [4.69, 9.17) is 4.74 Å². The van der Waals surface area contributed by atoms with Crippen LogP contribution in [0.2, 0.25) is 0 Å². The van der Waals surface area contributed by atoms with Gasteiger partial charge < -0.3 is 9.64 Å². The van der Waals surface area contributed by atoms with Crippen LogP contribution in [0.25, 0.3) is 11.4 Å². The van der Waals surface area contributed by atoms with Crippen molar-refractivity contribution in [2.75, 3.05) is 25.1 Å². The number of aromatic nitrogens is 4. The zero-order valence-electron chi connectivity index (χ0n) is 11.9. The number of piperidine rings is 1. The van der Waals surface area contributed by atoms with Gasteiger partial charge in [-0.2, -0.15) is 4.98 Å². The Labute approximate surface area is 118 Å². The maximum atomic E-state index is 5.28. The Bertz CT molecular complexity index is 589. The molecule has 0 amide bonds. The molecule has 0 bridgehead atoms. The Kier molecular flexibility index (Phi) is 3.54. The van der Waals surface area contributed by atoms with Crippen LogP contribution in [-0.4, -0.2) is 39.9 Å². The number of rotatable bonds is 3. The predicted octanol–water partition coefficient (Wildman–Crippen LogP) is 1.88. The van der Waals surface area contributed by atoms with Gasteiger partial charge in [-0.3, -0.25) is 0 Å². The highest BCUT2D eigenvalue weighted by Gasteiger charge is 2.19. The third-order valence-corrected chi connectivity index (χ3v) is 3.58. The van der Waals surface area contributed by atoms with Crippen molar-refractivity contribution in [1.82, 2.24) is 19.7 Å². The van der Waals surface area contributed by atoms with Crippen molar-refractivity contribution in [1.29, 1.82) is 0 Å². The maximum Gasteiger partial charge on any atom is 0.224 e. The third-order valence-electron chi connectivity index (χ3n) is 3.58. The molecule has 0 spiro atoms. The van der Waals surface area contributed by atoms with Gasteiger partial charge in [0.05, 0.1) is 12.7 Å². The summed E-state index contributed by atoms with van der Waals surface area (Å²) in [6, 6.07) is 3.80. The fourth-order valence-corrected chi connectivity index (χ4v) is 2.58. The second kappa shape index (κ2) is 5.48. The van der Waals surface area contributed by atoms with Crippen LogP contribution in [0, 0.1) is 0 Å². The molecule has 6 heteroatoms. The van der Waals surface area contributed by atoms with E-state index in [2.05, 4.69) is 20.0 Å². The normalized spacial score (nSPS) is 15.4. The molecule has 1 aliphatic rings. The molecule has 0 unspecified atom stereocenters. The number of methoxy groups -OCH3 is 1. The SMILES string of the molecule is COc1ncccc1-c1nc(N2CCCCC2)n(C)n1. The summed E-state index contributed by atoms with van der Waals surface area (Å²) < 4.78 is 7.12. The average molecular weight is 273 g/mol. The number of pyridine rings is 1. The minimum atomic E-state index is 0.559. The first-order valence-corrected chi connectivity index (χ1v) is 6.95. The first-order chi connectivity index (χ1) is 9.79. The number of anilines is 1. The molecule has 1 fully saturated rings. The summed E-state index contributed by atoms with van der Waals surface area (Å²) in [6.45, 7) is 2.10. The molecular weight excluding hydrogens is 254 g/mol. The Hall–Kier alpha value is -2.11. The van der Waals surface area contributed by atoms with E-state index in [-0.39, 0.29) is 0 Å². The number of hydrogen-bond acceptors (Lipinski definition) is 5. The van der Waals surface area contributed by atoms with Crippen LogP contribution in [0.15, 0.2) is 18.3 Å². The first-order valence-electron chi connectivity index (χ1n) is 6.95. The Morgan fingerprint density at radius 2 is 2.00 bits per heavy atom. The van der Waals surface area contributed by atoms with Crippen molar-refractivity contribution in [3.63, 3.8) is 0 Å². The molecule has 0 aromatic carbocycles. The van der Waals surface area contributed by atoms with E-state index < -0.39 is 0 Å². The molecule has 0 N–H and O–H groups in total. The van der Waals surface area contributed by atoms with Crippen LogP contribution in [0.3, 0.4) is 0 Å². The largest absolute Gasteiger partial charge is 0.480 e. The van der Waals surface area contributed by atoms with Crippen molar-refractivity contribution in [3.05, 3.63) is 18.3 Å². The second-order valence-corrected chi connectivity index (χ2v) is 4.97. The summed E-state index contributed by atoms with van der Waals surface area (Å²) >= 11 is 0. The number of ether oxygens (including phenoxy) is 1. The second-order valence-electron chi connectivity index (χ2n) is 4.97. The van der Waals surface area contributed by atoms with Crippen molar-refractivity contribution < 1.29 is 4.74 Å². The third kappa shape index (κ3) is 2.33. The molecule has 2 aromatic heterocycles. The van der Waals surface area contributed by atoms with Crippen molar-refractivity contribution in [2.24, 2.45) is 7.05 Å². The van der Waals surface area contributed by atoms with Crippen LogP contribution in [0.1, 0.15) is 19.3 Å². The van der Waals surface area contributed by atoms with E-state index in [0.29, 0.717) is 11.7 Å². The Balaban J connectivity index is 1.95. The summed E-state index contributed by atoms with van der Waals surface area (Å²) in [5.74, 6) is 2.15. The summed E-state index contributed by atoms with van der Waals surface area (Å²) in [4.78, 5) is 11.2. The van der Waals surface area contributed by atoms with Crippen molar-refractivity contribution >= 4 is 5.95 Å². The zero-order valence-corrected chi connectivity index (χ0v) is 11.9. The van der Waals surface area contributed by atoms with E-state index in [1.54, 1.807) is 13.3 Å². The quantitative estimate of drug-likeness (QED) is 0.854. The molecule has 1 aliphatic heterocycles. The summed E-state index contributed by atoms with van der Waals surface area (Å²) in [7, 11) is 3.55. The minimum absolute atomic E-state index is 0.559. The van der Waals surface area contributed by atoms with E-state index in [0.717, 1.165) is 24.6 Å². The standard InChI is InChI=1S/C14H19N5O/c1-18-14(19-9-4-3-5-10-19)16-12(17-18)11-7-6-8-15-13(11)20-2/h6-8H,3-5,9-10H2,1-2H3. The zero-order chi connectivity index (χ0) is 13.9. The Morgan fingerprint density at radius 3 is 2.75 bits per heavy atom. The highest BCUT2D eigenvalue weighted by Crippen LogP contribution is 2.27. The number of hydrogen-bond donors (Lipinski definition) is 0. The molecular formula is C14H19N5O. The lowest BCUT2D eigenvalue weighted by atomic mass is 10.1. The van der Waals surface area contributed by atoms with Crippen molar-refractivity contribution in [3.8, 4) is 17.3 Å². The van der Waals surface area contributed by atoms with Gasteiger partial charge in [-0.05, 0) is 31.4 Å². The average Bonchev–Trinajstić information content (AvgIpc) is 2.90. The molecule has 0 radical (unpaired) electrons. The monoisotopic (exact) mass is 273 g/mol. The summed E-state index contributed by atoms with van der Waals surface area (Å²) in [5.41, 5.74) is 0.828. The van der Waals surface area contributed by atoms with Gasteiger partial charge in [0.1, 0.15) is 0 Å². The highest BCUT2D eigenvalue weighted by atomic mass is 16.5. The molecule has 0 saturated carbocycles. The number of aryl methyl sites for hydroxylation is 1. The van der Waals surface area contributed by atoms with Crippen LogP contribution in [0.4, 0.5) is 5.95 Å². The van der Waals surface area contributed by atoms with Crippen LogP contribution < -0.4 is 9.64 Å². The van der Waals surface area contributed by atoms with Crippen molar-refractivity contribution in [2.45, 2.75) is 19.3 Å². The molecule has 20 heavy (non-hydrogen) atoms. The predicted molar refractivity (Wildman–Crippen MR) is 76.9 cm³/mol. The fourth-order valence-electron chi connectivity index (χ4n) is 2.58. The molecule has 3 rings (SSSR count). The van der Waals surface area contributed by atoms with Gasteiger partial charge in [-0.25, -0.2) is 9.67 Å². The lowest BCUT2D eigenvalue weighted by Crippen LogP contribution is -2.31. The molecule has 3 heterocycles. The summed E-state index contributed by atoms with van der Waals surface area (Å²) in [6.07, 6.45) is 5.45. The van der Waals surface area contributed by atoms with E-state index in [9.17, 15) is 0 Å². The van der Waals surface area contributed by atoms with Crippen LogP contribution >= 0.6 is 0 Å². The lowest BCUT2D eigenvalue weighted by molar-refractivity contribution is 0.399. The molecule has 1 saturated heterocycles. The first kappa shape index (κ1) is 12.9. The van der Waals surface area contributed by atoms with E-state index in [1.807, 2.05) is 23.9 Å². The molecule has 2 aromatic rings. The summed E-state index contributed by atoms with van der Waals surface area (Å²) in [5, 5.41) is 4.51. The van der Waals surface area contributed by atoms with Gasteiger partial charge in [0, 0.05) is 26.3 Å². The molecule has 106 valence electrons. The van der Waals surface area contributed by atoms with Crippen LogP contribution in [-0.2, 0) is 7.05 Å². The smallest absolute Gasteiger partial charge is 0.224 e. The van der Waals surface area contributed by atoms with Gasteiger partial charge in [-0.1, -0.05) is 0 Å². The van der Waals surface area contributed by atoms with Gasteiger partial charge in [0.2, 0.25) is 11.8 Å². The molecule has 6 nitrogen and oxygen atoms in total. The Morgan fingerprint density at radius 1 is 1.20 bits per heavy atom.